The highest BCUT2D eigenvalue weighted by Crippen LogP contribution is 2.14. The monoisotopic (exact) mass is 191 g/mol. The maximum absolute atomic E-state index is 4.24. The number of hydrogen-bond donors (Lipinski definition) is 2. The van der Waals surface area contributed by atoms with E-state index in [4.69, 9.17) is 0 Å². The first-order chi connectivity index (χ1) is 6.86. The van der Waals surface area contributed by atoms with E-state index in [1.807, 2.05) is 6.20 Å². The molecule has 3 nitrogen and oxygen atoms in total. The van der Waals surface area contributed by atoms with Gasteiger partial charge in [0.25, 0.3) is 0 Å². The molecule has 76 valence electrons. The number of aromatic nitrogens is 2. The third-order valence-electron chi connectivity index (χ3n) is 2.65. The first-order valence-corrected chi connectivity index (χ1v) is 5.28. The molecule has 0 fully saturated rings. The number of hydrogen-bond acceptors (Lipinski definition) is 2. The van der Waals surface area contributed by atoms with E-state index in [0.717, 1.165) is 5.82 Å². The summed E-state index contributed by atoms with van der Waals surface area (Å²) in [7, 11) is 0. The van der Waals surface area contributed by atoms with Crippen LogP contribution in [0.2, 0.25) is 0 Å². The number of imidazole rings is 1. The van der Waals surface area contributed by atoms with E-state index in [2.05, 4.69) is 34.4 Å². The fraction of sp³-hybridized carbons (Fsp3) is 0.545. The Balaban J connectivity index is 1.91. The van der Waals surface area contributed by atoms with E-state index in [1.165, 1.54) is 19.3 Å². The molecule has 2 atom stereocenters. The lowest BCUT2D eigenvalue weighted by Gasteiger charge is -2.21. The maximum atomic E-state index is 4.24. The fourth-order valence-electron chi connectivity index (χ4n) is 1.87. The number of allylic oxidation sites excluding steroid dienone is 1. The zero-order valence-corrected chi connectivity index (χ0v) is 8.53. The molecule has 1 heterocycles. The lowest BCUT2D eigenvalue weighted by Crippen LogP contribution is -2.31. The van der Waals surface area contributed by atoms with Crippen molar-refractivity contribution in [3.63, 3.8) is 0 Å². The minimum Gasteiger partial charge on any atom is -0.347 e. The van der Waals surface area contributed by atoms with Crippen LogP contribution in [-0.2, 0) is 0 Å². The molecule has 0 bridgehead atoms. The Labute approximate surface area is 84.6 Å². The summed E-state index contributed by atoms with van der Waals surface area (Å²) in [6.45, 7) is 2.14. The maximum Gasteiger partial charge on any atom is 0.122 e. The second kappa shape index (κ2) is 4.42. The van der Waals surface area contributed by atoms with Crippen LogP contribution in [0.3, 0.4) is 0 Å². The molecular weight excluding hydrogens is 174 g/mol. The van der Waals surface area contributed by atoms with Crippen molar-refractivity contribution in [3.05, 3.63) is 30.4 Å². The summed E-state index contributed by atoms with van der Waals surface area (Å²) in [5.41, 5.74) is 0. The van der Waals surface area contributed by atoms with Crippen LogP contribution in [0.1, 0.15) is 38.1 Å². The minimum absolute atomic E-state index is 0.303. The molecule has 3 heteroatoms. The van der Waals surface area contributed by atoms with Gasteiger partial charge >= 0.3 is 0 Å². The molecule has 0 amide bonds. The minimum atomic E-state index is 0.303. The number of aromatic amines is 1. The van der Waals surface area contributed by atoms with E-state index in [1.54, 1.807) is 6.20 Å². The summed E-state index contributed by atoms with van der Waals surface area (Å²) in [5.74, 6) is 1.02. The van der Waals surface area contributed by atoms with Gasteiger partial charge in [-0.1, -0.05) is 12.2 Å². The van der Waals surface area contributed by atoms with Crippen molar-refractivity contribution in [2.75, 3.05) is 0 Å². The zero-order valence-electron chi connectivity index (χ0n) is 8.53. The molecule has 1 aliphatic rings. The third-order valence-corrected chi connectivity index (χ3v) is 2.65. The molecular formula is C11H17N3. The highest BCUT2D eigenvalue weighted by atomic mass is 15.0. The van der Waals surface area contributed by atoms with E-state index < -0.39 is 0 Å². The van der Waals surface area contributed by atoms with Crippen LogP contribution < -0.4 is 5.32 Å². The third kappa shape index (κ3) is 2.23. The van der Waals surface area contributed by atoms with E-state index >= 15 is 0 Å². The first-order valence-electron chi connectivity index (χ1n) is 5.28. The van der Waals surface area contributed by atoms with Crippen molar-refractivity contribution in [1.82, 2.24) is 15.3 Å². The number of rotatable bonds is 3. The van der Waals surface area contributed by atoms with Crippen LogP contribution in [0.25, 0.3) is 0 Å². The molecule has 0 radical (unpaired) electrons. The molecule has 0 spiro atoms. The van der Waals surface area contributed by atoms with Crippen molar-refractivity contribution in [2.24, 2.45) is 0 Å². The second-order valence-electron chi connectivity index (χ2n) is 3.83. The fourth-order valence-corrected chi connectivity index (χ4v) is 1.87. The molecule has 0 aliphatic heterocycles. The zero-order chi connectivity index (χ0) is 9.80. The summed E-state index contributed by atoms with van der Waals surface area (Å²) < 4.78 is 0. The summed E-state index contributed by atoms with van der Waals surface area (Å²) >= 11 is 0. The van der Waals surface area contributed by atoms with Gasteiger partial charge in [0, 0.05) is 18.4 Å². The average Bonchev–Trinajstić information content (AvgIpc) is 2.72. The predicted molar refractivity (Wildman–Crippen MR) is 56.9 cm³/mol. The van der Waals surface area contributed by atoms with Crippen molar-refractivity contribution in [1.29, 1.82) is 0 Å². The van der Waals surface area contributed by atoms with Crippen LogP contribution in [0.15, 0.2) is 24.5 Å². The Morgan fingerprint density at radius 2 is 2.57 bits per heavy atom. The van der Waals surface area contributed by atoms with Crippen LogP contribution >= 0.6 is 0 Å². The van der Waals surface area contributed by atoms with Crippen LogP contribution in [0.4, 0.5) is 0 Å². The Kier molecular flexibility index (Phi) is 2.99. The molecule has 0 saturated heterocycles. The molecule has 1 aromatic heterocycles. The van der Waals surface area contributed by atoms with Crippen LogP contribution in [0, 0.1) is 0 Å². The van der Waals surface area contributed by atoms with Crippen molar-refractivity contribution < 1.29 is 0 Å². The van der Waals surface area contributed by atoms with Gasteiger partial charge in [0.1, 0.15) is 5.82 Å². The van der Waals surface area contributed by atoms with Crippen LogP contribution in [-0.4, -0.2) is 16.0 Å². The topological polar surface area (TPSA) is 40.7 Å². The van der Waals surface area contributed by atoms with Gasteiger partial charge in [-0.2, -0.15) is 0 Å². The van der Waals surface area contributed by atoms with Gasteiger partial charge in [-0.15, -0.1) is 0 Å². The van der Waals surface area contributed by atoms with Gasteiger partial charge < -0.3 is 10.3 Å². The van der Waals surface area contributed by atoms with Gasteiger partial charge in [0.2, 0.25) is 0 Å². The number of nitrogens with one attached hydrogen (secondary N) is 2. The lowest BCUT2D eigenvalue weighted by molar-refractivity contribution is 0.456. The van der Waals surface area contributed by atoms with Crippen molar-refractivity contribution in [2.45, 2.75) is 38.3 Å². The normalized spacial score (nSPS) is 23.6. The molecule has 0 saturated carbocycles. The number of H-pyrrole nitrogens is 1. The molecule has 1 aliphatic carbocycles. The Morgan fingerprint density at radius 3 is 3.21 bits per heavy atom. The highest BCUT2D eigenvalue weighted by molar-refractivity contribution is 5.01. The molecule has 0 aromatic carbocycles. The van der Waals surface area contributed by atoms with Crippen molar-refractivity contribution in [3.8, 4) is 0 Å². The van der Waals surface area contributed by atoms with E-state index in [9.17, 15) is 0 Å². The summed E-state index contributed by atoms with van der Waals surface area (Å²) in [4.78, 5) is 7.37. The molecule has 2 N–H and O–H groups in total. The van der Waals surface area contributed by atoms with Gasteiger partial charge in [-0.05, 0) is 26.2 Å². The Hall–Kier alpha value is -1.09. The first kappa shape index (κ1) is 9.46. The smallest absolute Gasteiger partial charge is 0.122 e. The SMILES string of the molecule is CC(NC1C=CCCC1)c1ncc[nH]1. The molecule has 2 rings (SSSR count). The summed E-state index contributed by atoms with van der Waals surface area (Å²) in [6.07, 6.45) is 11.9. The lowest BCUT2D eigenvalue weighted by atomic mass is 10.0. The van der Waals surface area contributed by atoms with Crippen LogP contribution in [0.5, 0.6) is 0 Å². The summed E-state index contributed by atoms with van der Waals surface area (Å²) in [5, 5.41) is 3.54. The predicted octanol–water partition coefficient (Wildman–Crippen LogP) is 2.17. The van der Waals surface area contributed by atoms with Gasteiger partial charge in [0.15, 0.2) is 0 Å². The second-order valence-corrected chi connectivity index (χ2v) is 3.83. The highest BCUT2D eigenvalue weighted by Gasteiger charge is 2.13. The van der Waals surface area contributed by atoms with E-state index in [0.29, 0.717) is 12.1 Å². The standard InChI is InChI=1S/C11H17N3/c1-9(11-12-7-8-13-11)14-10-5-3-2-4-6-10/h3,5,7-10,14H,2,4,6H2,1H3,(H,12,13). The molecule has 14 heavy (non-hydrogen) atoms. The average molecular weight is 191 g/mol. The quantitative estimate of drug-likeness (QED) is 0.719. The largest absolute Gasteiger partial charge is 0.347 e. The summed E-state index contributed by atoms with van der Waals surface area (Å²) in [6, 6.07) is 0.821. The van der Waals surface area contributed by atoms with Gasteiger partial charge in [-0.3, -0.25) is 0 Å². The number of nitrogens with zero attached hydrogens (tertiary/aromatic N) is 1. The Bertz CT molecular complexity index is 289. The van der Waals surface area contributed by atoms with E-state index in [-0.39, 0.29) is 0 Å². The van der Waals surface area contributed by atoms with Gasteiger partial charge in [-0.25, -0.2) is 4.98 Å². The van der Waals surface area contributed by atoms with Crippen molar-refractivity contribution >= 4 is 0 Å². The molecule has 2 unspecified atom stereocenters. The molecule has 1 aromatic rings. The Morgan fingerprint density at radius 1 is 1.64 bits per heavy atom. The van der Waals surface area contributed by atoms with Gasteiger partial charge in [0.05, 0.1) is 6.04 Å².